The van der Waals surface area contributed by atoms with Crippen molar-refractivity contribution in [3.8, 4) is 28.5 Å². The van der Waals surface area contributed by atoms with Gasteiger partial charge in [-0.15, -0.1) is 0 Å². The third-order valence-corrected chi connectivity index (χ3v) is 6.24. The number of rotatable bonds is 8. The molecule has 0 bridgehead atoms. The maximum absolute atomic E-state index is 13.4. The van der Waals surface area contributed by atoms with Crippen LogP contribution >= 0.6 is 0 Å². The summed E-state index contributed by atoms with van der Waals surface area (Å²) in [4.78, 5) is 20.8. The van der Waals surface area contributed by atoms with Crippen molar-refractivity contribution in [2.75, 3.05) is 21.3 Å². The zero-order chi connectivity index (χ0) is 27.5. The molecular formula is C30H25F2N3O4. The van der Waals surface area contributed by atoms with E-state index in [9.17, 15) is 13.6 Å². The van der Waals surface area contributed by atoms with Crippen molar-refractivity contribution in [3.63, 3.8) is 0 Å². The Morgan fingerprint density at radius 2 is 1.62 bits per heavy atom. The topological polar surface area (TPSA) is 85.5 Å². The Morgan fingerprint density at radius 1 is 0.923 bits per heavy atom. The number of carbonyl (C=O) groups excluding carboxylic acids is 1. The van der Waals surface area contributed by atoms with Gasteiger partial charge in [0.05, 0.1) is 44.8 Å². The van der Waals surface area contributed by atoms with Gasteiger partial charge in [-0.2, -0.15) is 0 Å². The van der Waals surface area contributed by atoms with E-state index in [-0.39, 0.29) is 12.1 Å². The fourth-order valence-electron chi connectivity index (χ4n) is 4.50. The second kappa shape index (κ2) is 10.8. The average molecular weight is 530 g/mol. The number of benzene rings is 3. The number of hydrogen-bond donors (Lipinski definition) is 2. The van der Waals surface area contributed by atoms with E-state index in [0.717, 1.165) is 45.6 Å². The van der Waals surface area contributed by atoms with Crippen LogP contribution in [0.2, 0.25) is 0 Å². The molecular weight excluding hydrogens is 504 g/mol. The van der Waals surface area contributed by atoms with Crippen molar-refractivity contribution in [2.24, 2.45) is 0 Å². The summed E-state index contributed by atoms with van der Waals surface area (Å²) in [6, 6.07) is 16.5. The third kappa shape index (κ3) is 5.24. The lowest BCUT2D eigenvalue weighted by Crippen LogP contribution is -2.21. The SMILES string of the molecule is COc1cc(-c2nc(CNC(=O)/C=C/c3cc(F)cc(F)c3)cc3c2[nH]c2ccccc23)cc(OC)c1OC. The summed E-state index contributed by atoms with van der Waals surface area (Å²) in [6.45, 7) is 0.119. The Bertz CT molecular complexity index is 1680. The molecule has 2 N–H and O–H groups in total. The molecule has 3 aromatic carbocycles. The highest BCUT2D eigenvalue weighted by molar-refractivity contribution is 6.11. The van der Waals surface area contributed by atoms with Crippen LogP contribution < -0.4 is 19.5 Å². The number of H-pyrrole nitrogens is 1. The third-order valence-electron chi connectivity index (χ3n) is 6.24. The molecule has 2 aromatic heterocycles. The quantitative estimate of drug-likeness (QED) is 0.240. The van der Waals surface area contributed by atoms with E-state index < -0.39 is 17.5 Å². The van der Waals surface area contributed by atoms with Gasteiger partial charge in [0, 0.05) is 34.0 Å². The van der Waals surface area contributed by atoms with Gasteiger partial charge in [0.15, 0.2) is 11.5 Å². The van der Waals surface area contributed by atoms with Crippen LogP contribution in [0.25, 0.3) is 39.1 Å². The summed E-state index contributed by atoms with van der Waals surface area (Å²) in [5.41, 5.74) is 3.96. The largest absolute Gasteiger partial charge is 0.493 e. The molecule has 0 saturated carbocycles. The molecule has 0 aliphatic heterocycles. The standard InChI is InChI=1S/C30H25F2N3O4/c1-37-25-12-18(13-26(38-2)30(25)39-3)28-29-23(22-6-4-5-7-24(22)35-29)15-21(34-28)16-33-27(36)9-8-17-10-19(31)14-20(32)11-17/h4-15,35H,16H2,1-3H3,(H,33,36)/b9-8+. The van der Waals surface area contributed by atoms with Crippen molar-refractivity contribution < 1.29 is 27.8 Å². The molecule has 7 nitrogen and oxygen atoms in total. The average Bonchev–Trinajstić information content (AvgIpc) is 3.31. The number of para-hydroxylation sites is 1. The number of fused-ring (bicyclic) bond motifs is 3. The van der Waals surface area contributed by atoms with Gasteiger partial charge in [0.2, 0.25) is 11.7 Å². The Labute approximate surface area is 223 Å². The van der Waals surface area contributed by atoms with Gasteiger partial charge in [0.1, 0.15) is 11.6 Å². The first-order chi connectivity index (χ1) is 18.9. The highest BCUT2D eigenvalue weighted by Crippen LogP contribution is 2.42. The van der Waals surface area contributed by atoms with E-state index in [0.29, 0.717) is 28.6 Å². The van der Waals surface area contributed by atoms with Crippen molar-refractivity contribution in [2.45, 2.75) is 6.54 Å². The molecule has 9 heteroatoms. The lowest BCUT2D eigenvalue weighted by molar-refractivity contribution is -0.116. The lowest BCUT2D eigenvalue weighted by atomic mass is 10.1. The maximum atomic E-state index is 13.4. The number of carbonyl (C=O) groups is 1. The molecule has 198 valence electrons. The highest BCUT2D eigenvalue weighted by atomic mass is 19.1. The second-order valence-corrected chi connectivity index (χ2v) is 8.72. The number of halogens is 2. The van der Waals surface area contributed by atoms with E-state index in [1.54, 1.807) is 14.2 Å². The number of amides is 1. The minimum absolute atomic E-state index is 0.119. The summed E-state index contributed by atoms with van der Waals surface area (Å²) < 4.78 is 43.4. The Balaban J connectivity index is 1.53. The van der Waals surface area contributed by atoms with Crippen LogP contribution in [-0.4, -0.2) is 37.2 Å². The maximum Gasteiger partial charge on any atom is 0.244 e. The van der Waals surface area contributed by atoms with Crippen LogP contribution in [0.3, 0.4) is 0 Å². The predicted molar refractivity (Wildman–Crippen MR) is 146 cm³/mol. The first-order valence-electron chi connectivity index (χ1n) is 12.0. The van der Waals surface area contributed by atoms with E-state index in [1.165, 1.54) is 19.3 Å². The number of aromatic nitrogens is 2. The molecule has 0 spiro atoms. The van der Waals surface area contributed by atoms with E-state index in [4.69, 9.17) is 19.2 Å². The van der Waals surface area contributed by atoms with Gasteiger partial charge >= 0.3 is 0 Å². The van der Waals surface area contributed by atoms with E-state index in [1.807, 2.05) is 42.5 Å². The van der Waals surface area contributed by atoms with Gasteiger partial charge in [-0.25, -0.2) is 13.8 Å². The highest BCUT2D eigenvalue weighted by Gasteiger charge is 2.19. The summed E-state index contributed by atoms with van der Waals surface area (Å²) >= 11 is 0. The van der Waals surface area contributed by atoms with E-state index >= 15 is 0 Å². The minimum Gasteiger partial charge on any atom is -0.493 e. The van der Waals surface area contributed by atoms with Crippen LogP contribution in [-0.2, 0) is 11.3 Å². The van der Waals surface area contributed by atoms with Crippen molar-refractivity contribution in [1.82, 2.24) is 15.3 Å². The Morgan fingerprint density at radius 3 is 2.28 bits per heavy atom. The summed E-state index contributed by atoms with van der Waals surface area (Å²) in [6.07, 6.45) is 2.57. The Hall–Kier alpha value is -4.92. The van der Waals surface area contributed by atoms with Crippen molar-refractivity contribution >= 4 is 33.8 Å². The molecule has 2 heterocycles. The molecule has 0 aliphatic rings. The Kier molecular flexibility index (Phi) is 7.14. The normalized spacial score (nSPS) is 11.3. The number of aromatic amines is 1. The van der Waals surface area contributed by atoms with Crippen LogP contribution in [0.1, 0.15) is 11.3 Å². The molecule has 0 atom stereocenters. The zero-order valence-corrected chi connectivity index (χ0v) is 21.5. The molecule has 1 amide bonds. The van der Waals surface area contributed by atoms with Crippen LogP contribution in [0, 0.1) is 11.6 Å². The first-order valence-corrected chi connectivity index (χ1v) is 12.0. The van der Waals surface area contributed by atoms with Crippen molar-refractivity contribution in [3.05, 3.63) is 89.6 Å². The molecule has 0 saturated heterocycles. The fourth-order valence-corrected chi connectivity index (χ4v) is 4.50. The number of methoxy groups -OCH3 is 3. The summed E-state index contributed by atoms with van der Waals surface area (Å²) in [7, 11) is 4.63. The molecule has 5 aromatic rings. The number of nitrogens with one attached hydrogen (secondary N) is 2. The predicted octanol–water partition coefficient (Wildman–Crippen LogP) is 6.02. The van der Waals surface area contributed by atoms with E-state index in [2.05, 4.69) is 10.3 Å². The summed E-state index contributed by atoms with van der Waals surface area (Å²) in [5, 5.41) is 4.72. The molecule has 0 fully saturated rings. The summed E-state index contributed by atoms with van der Waals surface area (Å²) in [5.74, 6) is -0.442. The molecule has 0 radical (unpaired) electrons. The van der Waals surface area contributed by atoms with Gasteiger partial charge in [-0.1, -0.05) is 18.2 Å². The molecule has 0 unspecified atom stereocenters. The number of ether oxygens (including phenoxy) is 3. The molecule has 5 rings (SSSR count). The smallest absolute Gasteiger partial charge is 0.244 e. The fraction of sp³-hybridized carbons (Fsp3) is 0.133. The second-order valence-electron chi connectivity index (χ2n) is 8.72. The zero-order valence-electron chi connectivity index (χ0n) is 21.5. The first kappa shape index (κ1) is 25.7. The number of hydrogen-bond acceptors (Lipinski definition) is 5. The van der Waals surface area contributed by atoms with Crippen LogP contribution in [0.4, 0.5) is 8.78 Å². The number of pyridine rings is 1. The molecule has 39 heavy (non-hydrogen) atoms. The van der Waals surface area contributed by atoms with Crippen molar-refractivity contribution in [1.29, 1.82) is 0 Å². The van der Waals surface area contributed by atoms with Gasteiger partial charge in [-0.05, 0) is 48.0 Å². The van der Waals surface area contributed by atoms with Crippen LogP contribution in [0.5, 0.6) is 17.2 Å². The number of nitrogens with zero attached hydrogens (tertiary/aromatic N) is 1. The monoisotopic (exact) mass is 529 g/mol. The molecule has 0 aliphatic carbocycles. The van der Waals surface area contributed by atoms with Gasteiger partial charge in [0.25, 0.3) is 0 Å². The lowest BCUT2D eigenvalue weighted by Gasteiger charge is -2.15. The van der Waals surface area contributed by atoms with Gasteiger partial charge in [-0.3, -0.25) is 4.79 Å². The van der Waals surface area contributed by atoms with Gasteiger partial charge < -0.3 is 24.5 Å². The van der Waals surface area contributed by atoms with Crippen LogP contribution in [0.15, 0.2) is 66.7 Å². The minimum atomic E-state index is -0.717.